The smallest absolute Gasteiger partial charge is 0.475 e. The first-order valence-corrected chi connectivity index (χ1v) is 6.85. The third-order valence-electron chi connectivity index (χ3n) is 2.35. The van der Waals surface area contributed by atoms with Gasteiger partial charge >= 0.3 is 12.1 Å². The lowest BCUT2D eigenvalue weighted by molar-refractivity contribution is -0.192. The first kappa shape index (κ1) is 18.8. The standard InChI is InChI=1S/C12H9BrN2O.C2HF3O2/c13-10-3-1-9(2-4-10)12-14-7-5-11(15-12)6-8-16;3-2(4,5)1(6)7/h1-5,7-8H,6H2;(H,6,7). The Morgan fingerprint density at radius 3 is 2.26 bits per heavy atom. The van der Waals surface area contributed by atoms with Crippen LogP contribution in [-0.4, -0.2) is 33.5 Å². The van der Waals surface area contributed by atoms with Gasteiger partial charge in [0.2, 0.25) is 0 Å². The van der Waals surface area contributed by atoms with Gasteiger partial charge < -0.3 is 9.90 Å². The fraction of sp³-hybridized carbons (Fsp3) is 0.143. The Balaban J connectivity index is 0.000000322. The number of aldehydes is 1. The second-order valence-electron chi connectivity index (χ2n) is 4.05. The molecule has 122 valence electrons. The second kappa shape index (κ2) is 8.37. The highest BCUT2D eigenvalue weighted by molar-refractivity contribution is 9.10. The number of hydrogen-bond donors (Lipinski definition) is 1. The maximum atomic E-state index is 10.6. The number of halogens is 4. The van der Waals surface area contributed by atoms with E-state index >= 15 is 0 Å². The largest absolute Gasteiger partial charge is 0.490 e. The van der Waals surface area contributed by atoms with Gasteiger partial charge in [0.1, 0.15) is 6.29 Å². The number of benzene rings is 1. The zero-order chi connectivity index (χ0) is 17.5. The number of carboxylic acid groups (broad SMARTS) is 1. The van der Waals surface area contributed by atoms with Crippen molar-refractivity contribution in [2.45, 2.75) is 12.6 Å². The van der Waals surface area contributed by atoms with Crippen LogP contribution in [0, 0.1) is 0 Å². The molecule has 5 nitrogen and oxygen atoms in total. The normalized spacial score (nSPS) is 10.4. The van der Waals surface area contributed by atoms with Gasteiger partial charge in [-0.25, -0.2) is 14.8 Å². The van der Waals surface area contributed by atoms with Crippen molar-refractivity contribution in [3.8, 4) is 11.4 Å². The summed E-state index contributed by atoms with van der Waals surface area (Å²) in [6.07, 6.45) is -2.25. The Bertz CT molecular complexity index is 676. The number of hydrogen-bond acceptors (Lipinski definition) is 4. The summed E-state index contributed by atoms with van der Waals surface area (Å²) in [4.78, 5) is 27.8. The number of aliphatic carboxylic acids is 1. The predicted octanol–water partition coefficient (Wildman–Crippen LogP) is 3.28. The van der Waals surface area contributed by atoms with Crippen LogP contribution in [0.1, 0.15) is 5.69 Å². The quantitative estimate of drug-likeness (QED) is 0.813. The minimum Gasteiger partial charge on any atom is -0.475 e. The highest BCUT2D eigenvalue weighted by Gasteiger charge is 2.38. The Kier molecular flexibility index (Phi) is 6.83. The van der Waals surface area contributed by atoms with Crippen LogP contribution in [0.15, 0.2) is 41.0 Å². The van der Waals surface area contributed by atoms with Gasteiger partial charge in [-0.3, -0.25) is 0 Å². The first-order chi connectivity index (χ1) is 10.7. The molecule has 0 saturated carbocycles. The van der Waals surface area contributed by atoms with Crippen LogP contribution in [0.3, 0.4) is 0 Å². The summed E-state index contributed by atoms with van der Waals surface area (Å²) in [5.41, 5.74) is 1.68. The van der Waals surface area contributed by atoms with E-state index in [1.165, 1.54) is 0 Å². The van der Waals surface area contributed by atoms with E-state index in [1.807, 2.05) is 24.3 Å². The molecule has 1 heterocycles. The van der Waals surface area contributed by atoms with E-state index in [2.05, 4.69) is 25.9 Å². The number of rotatable bonds is 3. The van der Waals surface area contributed by atoms with Gasteiger partial charge in [0.25, 0.3) is 0 Å². The van der Waals surface area contributed by atoms with Gasteiger partial charge in [-0.15, -0.1) is 0 Å². The molecule has 0 atom stereocenters. The van der Waals surface area contributed by atoms with Crippen LogP contribution < -0.4 is 0 Å². The molecular weight excluding hydrogens is 381 g/mol. The molecule has 0 radical (unpaired) electrons. The number of carbonyl (C=O) groups excluding carboxylic acids is 1. The molecule has 2 aromatic rings. The summed E-state index contributed by atoms with van der Waals surface area (Å²) in [5.74, 6) is -2.11. The average Bonchev–Trinajstić information content (AvgIpc) is 2.48. The Morgan fingerprint density at radius 1 is 1.22 bits per heavy atom. The lowest BCUT2D eigenvalue weighted by Crippen LogP contribution is -2.21. The van der Waals surface area contributed by atoms with Crippen LogP contribution in [0.4, 0.5) is 13.2 Å². The fourth-order valence-electron chi connectivity index (χ4n) is 1.33. The average molecular weight is 391 g/mol. The molecule has 0 aliphatic rings. The van der Waals surface area contributed by atoms with Crippen molar-refractivity contribution in [3.05, 3.63) is 46.7 Å². The van der Waals surface area contributed by atoms with Crippen LogP contribution >= 0.6 is 15.9 Å². The van der Waals surface area contributed by atoms with E-state index in [4.69, 9.17) is 9.90 Å². The monoisotopic (exact) mass is 390 g/mol. The fourth-order valence-corrected chi connectivity index (χ4v) is 1.60. The maximum Gasteiger partial charge on any atom is 0.490 e. The second-order valence-corrected chi connectivity index (χ2v) is 4.97. The topological polar surface area (TPSA) is 80.1 Å². The van der Waals surface area contributed by atoms with E-state index in [9.17, 15) is 18.0 Å². The number of alkyl halides is 3. The molecule has 0 fully saturated rings. The molecule has 1 aromatic heterocycles. The molecule has 2 rings (SSSR count). The molecular formula is C14H10BrF3N2O3. The van der Waals surface area contributed by atoms with Gasteiger partial charge in [0.15, 0.2) is 5.82 Å². The highest BCUT2D eigenvalue weighted by atomic mass is 79.9. The third-order valence-corrected chi connectivity index (χ3v) is 2.88. The Labute approximate surface area is 137 Å². The van der Waals surface area contributed by atoms with Gasteiger partial charge in [0, 0.05) is 22.7 Å². The van der Waals surface area contributed by atoms with Crippen molar-refractivity contribution in [1.82, 2.24) is 9.97 Å². The maximum absolute atomic E-state index is 10.6. The van der Waals surface area contributed by atoms with Crippen LogP contribution in [0.25, 0.3) is 11.4 Å². The van der Waals surface area contributed by atoms with Gasteiger partial charge in [0.05, 0.1) is 5.69 Å². The van der Waals surface area contributed by atoms with Crippen LogP contribution in [-0.2, 0) is 16.0 Å². The zero-order valence-electron chi connectivity index (χ0n) is 11.4. The summed E-state index contributed by atoms with van der Waals surface area (Å²) in [5, 5.41) is 7.12. The molecule has 1 aromatic carbocycles. The SMILES string of the molecule is O=C(O)C(F)(F)F.O=CCc1ccnc(-c2ccc(Br)cc2)n1. The summed E-state index contributed by atoms with van der Waals surface area (Å²) in [7, 11) is 0. The van der Waals surface area contributed by atoms with Crippen molar-refractivity contribution in [2.24, 2.45) is 0 Å². The molecule has 0 aliphatic heterocycles. The molecule has 1 N–H and O–H groups in total. The summed E-state index contributed by atoms with van der Waals surface area (Å²) >= 11 is 3.37. The number of carboxylic acids is 1. The molecule has 23 heavy (non-hydrogen) atoms. The predicted molar refractivity (Wildman–Crippen MR) is 78.6 cm³/mol. The molecule has 0 bridgehead atoms. The number of carbonyl (C=O) groups is 2. The van der Waals surface area contributed by atoms with Crippen molar-refractivity contribution in [3.63, 3.8) is 0 Å². The minimum atomic E-state index is -5.08. The van der Waals surface area contributed by atoms with E-state index in [0.717, 1.165) is 22.0 Å². The van der Waals surface area contributed by atoms with Crippen molar-refractivity contribution < 1.29 is 27.9 Å². The van der Waals surface area contributed by atoms with Crippen molar-refractivity contribution in [2.75, 3.05) is 0 Å². The number of nitrogens with zero attached hydrogens (tertiary/aromatic N) is 2. The Morgan fingerprint density at radius 2 is 1.78 bits per heavy atom. The van der Waals surface area contributed by atoms with Crippen LogP contribution in [0.2, 0.25) is 0 Å². The first-order valence-electron chi connectivity index (χ1n) is 6.05. The van der Waals surface area contributed by atoms with E-state index < -0.39 is 12.1 Å². The zero-order valence-corrected chi connectivity index (χ0v) is 13.0. The Hall–Kier alpha value is -2.29. The minimum absolute atomic E-state index is 0.325. The van der Waals surface area contributed by atoms with E-state index in [0.29, 0.717) is 12.2 Å². The van der Waals surface area contributed by atoms with Gasteiger partial charge in [-0.05, 0) is 18.2 Å². The lowest BCUT2D eigenvalue weighted by Gasteiger charge is -2.01. The van der Waals surface area contributed by atoms with E-state index in [1.54, 1.807) is 12.3 Å². The van der Waals surface area contributed by atoms with Gasteiger partial charge in [-0.2, -0.15) is 13.2 Å². The third kappa shape index (κ3) is 6.55. The van der Waals surface area contributed by atoms with E-state index in [-0.39, 0.29) is 0 Å². The molecule has 9 heteroatoms. The molecule has 0 spiro atoms. The highest BCUT2D eigenvalue weighted by Crippen LogP contribution is 2.18. The van der Waals surface area contributed by atoms with Crippen molar-refractivity contribution >= 4 is 28.2 Å². The summed E-state index contributed by atoms with van der Waals surface area (Å²) in [6.45, 7) is 0. The summed E-state index contributed by atoms with van der Waals surface area (Å²) in [6, 6.07) is 9.49. The van der Waals surface area contributed by atoms with Gasteiger partial charge in [-0.1, -0.05) is 28.1 Å². The van der Waals surface area contributed by atoms with Crippen LogP contribution in [0.5, 0.6) is 0 Å². The molecule has 0 amide bonds. The molecule has 0 saturated heterocycles. The van der Waals surface area contributed by atoms with Crippen molar-refractivity contribution in [1.29, 1.82) is 0 Å². The number of aromatic nitrogens is 2. The molecule has 0 aliphatic carbocycles. The molecule has 0 unspecified atom stereocenters. The summed E-state index contributed by atoms with van der Waals surface area (Å²) < 4.78 is 32.8. The lowest BCUT2D eigenvalue weighted by atomic mass is 10.2.